The van der Waals surface area contributed by atoms with E-state index >= 15 is 0 Å². The number of methoxy groups -OCH3 is 1. The van der Waals surface area contributed by atoms with Gasteiger partial charge >= 0.3 is 6.09 Å². The van der Waals surface area contributed by atoms with Gasteiger partial charge in [-0.05, 0) is 104 Å². The van der Waals surface area contributed by atoms with Gasteiger partial charge in [-0.1, -0.05) is 51.2 Å². The van der Waals surface area contributed by atoms with Crippen molar-refractivity contribution in [3.63, 3.8) is 0 Å². The maximum atomic E-state index is 14.0. The van der Waals surface area contributed by atoms with Gasteiger partial charge in [-0.2, -0.15) is 54.0 Å². The van der Waals surface area contributed by atoms with Crippen LogP contribution in [0.25, 0.3) is 22.3 Å². The number of amides is 4. The van der Waals surface area contributed by atoms with Crippen LogP contribution in [0.15, 0.2) is 48.7 Å². The van der Waals surface area contributed by atoms with E-state index in [0.29, 0.717) is 31.6 Å². The first-order valence-corrected chi connectivity index (χ1v) is 20.8. The Kier molecular flexibility index (Phi) is 16.7. The first-order valence-electron chi connectivity index (χ1n) is 20.8. The highest BCUT2D eigenvalue weighted by Crippen LogP contribution is 2.59. The Bertz CT molecular complexity index is 2300. The molecule has 62 heavy (non-hydrogen) atoms. The molecule has 4 heterocycles. The molecule has 4 aromatic rings. The highest BCUT2D eigenvalue weighted by atomic mass is 32.1. The van der Waals surface area contributed by atoms with Crippen molar-refractivity contribution >= 4 is 88.8 Å². The van der Waals surface area contributed by atoms with Crippen LogP contribution >= 0.6 is 54.0 Å². The third kappa shape index (κ3) is 10.9. The zero-order valence-electron chi connectivity index (χ0n) is 35.9. The largest absolute Gasteiger partial charge is 0.453 e. The lowest BCUT2D eigenvalue weighted by Crippen LogP contribution is -2.48. The number of hydrogen-bond donors (Lipinski definition) is 4. The lowest BCUT2D eigenvalue weighted by atomic mass is 9.96. The van der Waals surface area contributed by atoms with Gasteiger partial charge in [-0.25, -0.2) is 14.8 Å². The molecule has 2 aliphatic carbocycles. The summed E-state index contributed by atoms with van der Waals surface area (Å²) in [6.45, 7) is 7.68. The van der Waals surface area contributed by atoms with Gasteiger partial charge < -0.3 is 35.6 Å². The van der Waals surface area contributed by atoms with E-state index in [1.165, 1.54) is 20.0 Å². The summed E-state index contributed by atoms with van der Waals surface area (Å²) in [5, 5.41) is 2.72. The average molecular weight is 923 g/mol. The van der Waals surface area contributed by atoms with E-state index in [2.05, 4.69) is 45.9 Å². The number of primary amides is 1. The lowest BCUT2D eigenvalue weighted by molar-refractivity contribution is -0.137. The molecule has 4 fully saturated rings. The number of benzene rings is 2. The molecule has 2 spiro atoms. The van der Waals surface area contributed by atoms with Crippen molar-refractivity contribution in [3.05, 3.63) is 71.4 Å². The van der Waals surface area contributed by atoms with Crippen molar-refractivity contribution in [1.29, 1.82) is 0 Å². The van der Waals surface area contributed by atoms with Crippen LogP contribution in [-0.2, 0) is 19.1 Å². The summed E-state index contributed by atoms with van der Waals surface area (Å²) < 4.78 is 4.82. The number of aromatic nitrogens is 4. The molecule has 13 nitrogen and oxygen atoms in total. The van der Waals surface area contributed by atoms with E-state index in [-0.39, 0.29) is 107 Å². The number of nitrogens with zero attached hydrogens (tertiary/aromatic N) is 4. The van der Waals surface area contributed by atoms with Gasteiger partial charge in [0.15, 0.2) is 0 Å². The third-order valence-corrected chi connectivity index (χ3v) is 13.1. The van der Waals surface area contributed by atoms with Crippen LogP contribution in [0, 0.1) is 34.5 Å². The number of imidazole rings is 2. The van der Waals surface area contributed by atoms with Crippen molar-refractivity contribution < 1.29 is 23.9 Å². The molecule has 0 radical (unpaired) electrons. The molecule has 2 saturated carbocycles. The first kappa shape index (κ1) is 50.4. The maximum Gasteiger partial charge on any atom is 0.407 e. The highest BCUT2D eigenvalue weighted by molar-refractivity contribution is 7.59. The van der Waals surface area contributed by atoms with E-state index < -0.39 is 18.0 Å². The fraction of sp³-hybridized carbons (Fsp3) is 0.511. The molecule has 4 amide bonds. The van der Waals surface area contributed by atoms with E-state index in [9.17, 15) is 19.2 Å². The van der Waals surface area contributed by atoms with E-state index in [1.807, 2.05) is 54.3 Å². The van der Waals surface area contributed by atoms with Crippen molar-refractivity contribution in [2.75, 3.05) is 20.2 Å². The summed E-state index contributed by atoms with van der Waals surface area (Å²) in [5.41, 5.74) is 10.9. The Morgan fingerprint density at radius 1 is 0.839 bits per heavy atom. The maximum absolute atomic E-state index is 14.0. The Morgan fingerprint density at radius 2 is 1.44 bits per heavy atom. The van der Waals surface area contributed by atoms with Crippen LogP contribution in [0.1, 0.15) is 120 Å². The second kappa shape index (κ2) is 20.5. The number of carbonyl (C=O) groups excluding carboxylic acids is 4. The molecule has 0 unspecified atom stereocenters. The minimum absolute atomic E-state index is 0. The number of carbonyl (C=O) groups is 4. The Balaban J connectivity index is 0.00000211. The van der Waals surface area contributed by atoms with Gasteiger partial charge in [0.1, 0.15) is 17.7 Å². The van der Waals surface area contributed by atoms with Crippen LogP contribution in [0.4, 0.5) is 4.79 Å². The second-order valence-electron chi connectivity index (χ2n) is 17.7. The standard InChI is InChI=1S/C45H54N8O5.4H2S/c1-27(2)28(3)41(55)52-25-45(19-20-45)23-37(52)40-48-32-16-13-30(21-34(32)49-40)10-9-29-11-14-31(15-12-29)35-24-47-39(50-35)36-22-44(17-18-44)26-53(36)42(56)33(51-43(57)58-4)7-5-6-8-38(46)54;;;;/h11-16,21,24,27-28,33,36-37H,5-8,17-20,22-23,25-26H2,1-4H3,(H2,46,54)(H,47,50)(H,48,49)(H,51,57);4*1H2/t28-,33-,36-,37-;;;;/m0..../s1. The molecule has 8 rings (SSSR count). The number of H-pyrrole nitrogens is 2. The molecule has 17 heteroatoms. The second-order valence-corrected chi connectivity index (χ2v) is 17.7. The molecular formula is C45H62N8O5S4. The van der Waals surface area contributed by atoms with Crippen LogP contribution in [0.3, 0.4) is 0 Å². The molecule has 5 N–H and O–H groups in total. The number of alkyl carbamates (subject to hydrolysis) is 1. The third-order valence-electron chi connectivity index (χ3n) is 13.1. The van der Waals surface area contributed by atoms with Crippen molar-refractivity contribution in [3.8, 4) is 23.1 Å². The number of fused-ring (bicyclic) bond motifs is 1. The summed E-state index contributed by atoms with van der Waals surface area (Å²) in [4.78, 5) is 71.7. The lowest BCUT2D eigenvalue weighted by Gasteiger charge is -2.28. The monoisotopic (exact) mass is 922 g/mol. The molecule has 4 atom stereocenters. The Morgan fingerprint density at radius 3 is 2.03 bits per heavy atom. The summed E-state index contributed by atoms with van der Waals surface area (Å²) in [7, 11) is 1.27. The van der Waals surface area contributed by atoms with Gasteiger partial charge in [0, 0.05) is 36.6 Å². The van der Waals surface area contributed by atoms with Gasteiger partial charge in [0.2, 0.25) is 17.7 Å². The van der Waals surface area contributed by atoms with Gasteiger partial charge in [-0.15, -0.1) is 0 Å². The summed E-state index contributed by atoms with van der Waals surface area (Å²) in [6.07, 6.45) is 9.03. The van der Waals surface area contributed by atoms with Gasteiger partial charge in [0.25, 0.3) is 0 Å². The zero-order chi connectivity index (χ0) is 40.8. The van der Waals surface area contributed by atoms with Crippen molar-refractivity contribution in [2.45, 2.75) is 103 Å². The normalized spacial score (nSPS) is 19.6. The number of ether oxygens (including phenoxy) is 1. The predicted octanol–water partition coefficient (Wildman–Crippen LogP) is 6.97. The zero-order valence-corrected chi connectivity index (χ0v) is 39.9. The molecule has 4 aliphatic rings. The van der Waals surface area contributed by atoms with E-state index in [1.54, 1.807) is 6.20 Å². The molecule has 2 aliphatic heterocycles. The molecule has 2 saturated heterocycles. The molecule has 0 bridgehead atoms. The number of aromatic amines is 2. The minimum atomic E-state index is -0.785. The van der Waals surface area contributed by atoms with Crippen LogP contribution in [-0.4, -0.2) is 79.8 Å². The number of likely N-dealkylation sites (tertiary alicyclic amines) is 2. The first-order chi connectivity index (χ1) is 27.8. The van der Waals surface area contributed by atoms with Crippen LogP contribution in [0.5, 0.6) is 0 Å². The predicted molar refractivity (Wildman–Crippen MR) is 260 cm³/mol. The van der Waals surface area contributed by atoms with E-state index in [4.69, 9.17) is 20.4 Å². The number of unbranched alkanes of at least 4 members (excludes halogenated alkanes) is 1. The summed E-state index contributed by atoms with van der Waals surface area (Å²) in [6, 6.07) is 12.9. The highest BCUT2D eigenvalue weighted by Gasteiger charge is 2.56. The van der Waals surface area contributed by atoms with Crippen LogP contribution < -0.4 is 11.1 Å². The van der Waals surface area contributed by atoms with Crippen molar-refractivity contribution in [2.24, 2.45) is 28.4 Å². The number of nitrogens with one attached hydrogen (secondary N) is 3. The Labute approximate surface area is 392 Å². The summed E-state index contributed by atoms with van der Waals surface area (Å²) in [5.74, 6) is 8.09. The average Bonchev–Trinajstić information content (AvgIpc) is 3.83. The smallest absolute Gasteiger partial charge is 0.407 e. The summed E-state index contributed by atoms with van der Waals surface area (Å²) >= 11 is 0. The van der Waals surface area contributed by atoms with E-state index in [0.717, 1.165) is 71.5 Å². The quantitative estimate of drug-likeness (QED) is 0.0875. The van der Waals surface area contributed by atoms with Crippen molar-refractivity contribution in [1.82, 2.24) is 35.1 Å². The van der Waals surface area contributed by atoms with Crippen LogP contribution in [0.2, 0.25) is 0 Å². The fourth-order valence-corrected chi connectivity index (χ4v) is 8.79. The SMILES string of the molecule is COC(=O)N[C@@H](CCCCC(N)=O)C(=O)N1CC2(CC2)C[C@H]1c1ncc(-c2ccc(C#Cc3ccc4nc([C@@H]5CC6(CC6)CN5C(=O)[C@@H](C)C(C)C)[nH]c4c3)cc2)[nH]1.S.S.S.S. The Hall–Kier alpha value is -4.24. The number of hydrogen-bond acceptors (Lipinski definition) is 7. The van der Waals surface area contributed by atoms with Gasteiger partial charge in [0.05, 0.1) is 42.1 Å². The molecular weight excluding hydrogens is 861 g/mol. The molecule has 336 valence electrons. The fourth-order valence-electron chi connectivity index (χ4n) is 8.79. The minimum Gasteiger partial charge on any atom is -0.453 e. The van der Waals surface area contributed by atoms with Gasteiger partial charge in [-0.3, -0.25) is 14.4 Å². The molecule has 2 aromatic carbocycles. The number of nitrogens with two attached hydrogens (primary N) is 1. The number of rotatable bonds is 12. The topological polar surface area (TPSA) is 179 Å². The molecule has 2 aromatic heterocycles.